The van der Waals surface area contributed by atoms with Crippen molar-refractivity contribution in [1.29, 1.82) is 0 Å². The fourth-order valence-corrected chi connectivity index (χ4v) is 7.11. The standard InChI is InChI=1S/C36H40O8/c1-5-17-21-9-23(31(39)13-29(21)37)18(6-2)25-11-27(35(43)15-33(25)41)20(8-4)28-12-26(34(42)16-36(28)44)19(7-3)24-10-22(17)30(38)14-32(24)40/h9-20,37-44H,5-8H2,1-4H3/t17-,18+,19-,20+. The van der Waals surface area contributed by atoms with E-state index in [2.05, 4.69) is 0 Å². The Balaban J connectivity index is 1.94. The van der Waals surface area contributed by atoms with Crippen molar-refractivity contribution in [3.8, 4) is 46.0 Å². The predicted molar refractivity (Wildman–Crippen MR) is 168 cm³/mol. The number of rotatable bonds is 4. The molecular weight excluding hydrogens is 560 g/mol. The third-order valence-corrected chi connectivity index (χ3v) is 9.34. The van der Waals surface area contributed by atoms with Crippen LogP contribution in [0.25, 0.3) is 0 Å². The van der Waals surface area contributed by atoms with Gasteiger partial charge < -0.3 is 40.9 Å². The summed E-state index contributed by atoms with van der Waals surface area (Å²) in [6, 6.07) is 11.8. The predicted octanol–water partition coefficient (Wildman–Crippen LogP) is 7.81. The van der Waals surface area contributed by atoms with Crippen molar-refractivity contribution in [3.63, 3.8) is 0 Å². The van der Waals surface area contributed by atoms with Crippen LogP contribution >= 0.6 is 0 Å². The van der Waals surface area contributed by atoms with Crippen molar-refractivity contribution in [2.45, 2.75) is 77.0 Å². The second kappa shape index (κ2) is 11.8. The lowest BCUT2D eigenvalue weighted by molar-refractivity contribution is 0.424. The summed E-state index contributed by atoms with van der Waals surface area (Å²) in [5.41, 5.74) is 3.60. The normalized spacial score (nSPS) is 19.5. The third kappa shape index (κ3) is 4.98. The number of hydrogen-bond donors (Lipinski definition) is 8. The molecule has 0 saturated heterocycles. The highest BCUT2D eigenvalue weighted by atomic mass is 16.3. The van der Waals surface area contributed by atoms with Gasteiger partial charge >= 0.3 is 0 Å². The molecule has 0 unspecified atom stereocenters. The Hall–Kier alpha value is -4.72. The van der Waals surface area contributed by atoms with Crippen LogP contribution in [0.4, 0.5) is 0 Å². The molecule has 0 atom stereocenters. The number of phenolic OH excluding ortho intramolecular Hbond substituents is 8. The Bertz CT molecular complexity index is 1370. The van der Waals surface area contributed by atoms with Crippen LogP contribution in [-0.4, -0.2) is 40.9 Å². The van der Waals surface area contributed by atoms with Crippen LogP contribution in [0.5, 0.6) is 46.0 Å². The molecule has 8 heteroatoms. The van der Waals surface area contributed by atoms with Gasteiger partial charge in [0.2, 0.25) is 0 Å². The van der Waals surface area contributed by atoms with Gasteiger partial charge in [-0.25, -0.2) is 0 Å². The van der Waals surface area contributed by atoms with Gasteiger partial charge in [-0.1, -0.05) is 27.7 Å². The van der Waals surface area contributed by atoms with Gasteiger partial charge in [0.1, 0.15) is 46.0 Å². The van der Waals surface area contributed by atoms with Gasteiger partial charge in [-0.3, -0.25) is 0 Å². The van der Waals surface area contributed by atoms with Gasteiger partial charge in [-0.15, -0.1) is 0 Å². The maximum absolute atomic E-state index is 11.1. The summed E-state index contributed by atoms with van der Waals surface area (Å²) >= 11 is 0. The highest BCUT2D eigenvalue weighted by molar-refractivity contribution is 5.61. The quantitative estimate of drug-likeness (QED) is 0.118. The zero-order chi connectivity index (χ0) is 32.0. The summed E-state index contributed by atoms with van der Waals surface area (Å²) in [5.74, 6) is -3.54. The highest BCUT2D eigenvalue weighted by Crippen LogP contribution is 2.51. The first-order valence-corrected chi connectivity index (χ1v) is 15.2. The van der Waals surface area contributed by atoms with Crippen LogP contribution in [-0.2, 0) is 0 Å². The number of hydrogen-bond acceptors (Lipinski definition) is 8. The van der Waals surface area contributed by atoms with E-state index in [0.717, 1.165) is 0 Å². The average Bonchev–Trinajstić information content (AvgIpc) is 2.97. The summed E-state index contributed by atoms with van der Waals surface area (Å²) in [7, 11) is 0. The molecule has 0 spiro atoms. The molecule has 8 N–H and O–H groups in total. The van der Waals surface area contributed by atoms with E-state index in [9.17, 15) is 40.9 Å². The molecule has 0 fully saturated rings. The summed E-state index contributed by atoms with van der Waals surface area (Å²) in [6.45, 7) is 7.60. The van der Waals surface area contributed by atoms with Crippen LogP contribution in [0.15, 0.2) is 48.5 Å². The molecule has 1 aliphatic rings. The van der Waals surface area contributed by atoms with Gasteiger partial charge in [0.15, 0.2) is 0 Å². The molecule has 0 radical (unpaired) electrons. The molecule has 4 aromatic rings. The fraction of sp³-hybridized carbons (Fsp3) is 0.333. The van der Waals surface area contributed by atoms with Gasteiger partial charge in [0.05, 0.1) is 0 Å². The fourth-order valence-electron chi connectivity index (χ4n) is 7.11. The lowest BCUT2D eigenvalue weighted by Gasteiger charge is -2.28. The minimum Gasteiger partial charge on any atom is -0.508 e. The second-order valence-electron chi connectivity index (χ2n) is 11.7. The Kier molecular flexibility index (Phi) is 8.21. The smallest absolute Gasteiger partial charge is 0.123 e. The van der Waals surface area contributed by atoms with E-state index >= 15 is 0 Å². The molecule has 4 aromatic carbocycles. The Morgan fingerprint density at radius 2 is 0.432 bits per heavy atom. The number of fused-ring (bicyclic) bond motifs is 8. The maximum atomic E-state index is 11.1. The van der Waals surface area contributed by atoms with E-state index < -0.39 is 23.7 Å². The number of aromatic hydroxyl groups is 8. The van der Waals surface area contributed by atoms with E-state index in [1.165, 1.54) is 24.3 Å². The monoisotopic (exact) mass is 600 g/mol. The van der Waals surface area contributed by atoms with Crippen molar-refractivity contribution in [3.05, 3.63) is 93.0 Å². The maximum Gasteiger partial charge on any atom is 0.123 e. The van der Waals surface area contributed by atoms with Gasteiger partial charge in [0, 0.05) is 92.4 Å². The summed E-state index contributed by atoms with van der Waals surface area (Å²) in [6.07, 6.45) is 1.80. The molecule has 5 rings (SSSR count). The van der Waals surface area contributed by atoms with Gasteiger partial charge in [-0.2, -0.15) is 0 Å². The van der Waals surface area contributed by atoms with E-state index in [0.29, 0.717) is 70.2 Å². The van der Waals surface area contributed by atoms with Crippen LogP contribution in [0.1, 0.15) is 122 Å². The van der Waals surface area contributed by atoms with Crippen LogP contribution < -0.4 is 0 Å². The topological polar surface area (TPSA) is 162 Å². The number of benzene rings is 4. The Labute approximate surface area is 256 Å². The molecule has 44 heavy (non-hydrogen) atoms. The molecule has 0 amide bonds. The molecule has 0 heterocycles. The molecule has 232 valence electrons. The average molecular weight is 601 g/mol. The van der Waals surface area contributed by atoms with Crippen LogP contribution in [0.2, 0.25) is 0 Å². The zero-order valence-electron chi connectivity index (χ0n) is 25.3. The molecule has 0 saturated carbocycles. The van der Waals surface area contributed by atoms with Crippen molar-refractivity contribution in [2.75, 3.05) is 0 Å². The van der Waals surface area contributed by atoms with Crippen molar-refractivity contribution in [1.82, 2.24) is 0 Å². The van der Waals surface area contributed by atoms with Gasteiger partial charge in [-0.05, 0) is 49.9 Å². The summed E-state index contributed by atoms with van der Waals surface area (Å²) in [4.78, 5) is 0. The van der Waals surface area contributed by atoms with E-state index in [4.69, 9.17) is 0 Å². The lowest BCUT2D eigenvalue weighted by atomic mass is 9.78. The molecule has 8 nitrogen and oxygen atoms in total. The summed E-state index contributed by atoms with van der Waals surface area (Å²) in [5, 5.41) is 88.7. The highest BCUT2D eigenvalue weighted by Gasteiger charge is 2.31. The summed E-state index contributed by atoms with van der Waals surface area (Å²) < 4.78 is 0. The number of phenols is 8. The molecular formula is C36H40O8. The van der Waals surface area contributed by atoms with Crippen LogP contribution in [0.3, 0.4) is 0 Å². The minimum absolute atomic E-state index is 0.169. The molecule has 1 aliphatic carbocycles. The molecule has 0 aliphatic heterocycles. The minimum atomic E-state index is -0.547. The third-order valence-electron chi connectivity index (χ3n) is 9.34. The molecule has 8 bridgehead atoms. The van der Waals surface area contributed by atoms with E-state index in [-0.39, 0.29) is 46.0 Å². The van der Waals surface area contributed by atoms with Crippen molar-refractivity contribution < 1.29 is 40.9 Å². The first kappa shape index (κ1) is 30.7. The van der Waals surface area contributed by atoms with Crippen molar-refractivity contribution >= 4 is 0 Å². The van der Waals surface area contributed by atoms with E-state index in [1.807, 2.05) is 27.7 Å². The first-order valence-electron chi connectivity index (χ1n) is 15.2. The van der Waals surface area contributed by atoms with Crippen molar-refractivity contribution in [2.24, 2.45) is 0 Å². The Morgan fingerprint density at radius 1 is 0.295 bits per heavy atom. The van der Waals surface area contributed by atoms with E-state index in [1.54, 1.807) is 24.3 Å². The zero-order valence-corrected chi connectivity index (χ0v) is 25.3. The lowest BCUT2D eigenvalue weighted by Crippen LogP contribution is -2.10. The Morgan fingerprint density at radius 3 is 0.545 bits per heavy atom. The van der Waals surface area contributed by atoms with Gasteiger partial charge in [0.25, 0.3) is 0 Å². The first-order chi connectivity index (χ1) is 20.9. The largest absolute Gasteiger partial charge is 0.508 e. The second-order valence-corrected chi connectivity index (χ2v) is 11.7. The van der Waals surface area contributed by atoms with Crippen LogP contribution in [0, 0.1) is 0 Å². The SMILES string of the molecule is CC[C@H]1c2cc(c(O)cc2O)[C@@H](CC)c2cc(c(O)cc2O)[C@@H](CC)c2cc(c(O)cc2O)[C@@H](CC)c2cc1c(O)cc2O. The molecule has 0 aromatic heterocycles.